The predicted octanol–water partition coefficient (Wildman–Crippen LogP) is 2.00. The van der Waals surface area contributed by atoms with Gasteiger partial charge in [-0.25, -0.2) is 0 Å². The van der Waals surface area contributed by atoms with Gasteiger partial charge in [-0.1, -0.05) is 6.92 Å². The van der Waals surface area contributed by atoms with Crippen LogP contribution >= 0.6 is 0 Å². The highest BCUT2D eigenvalue weighted by Gasteiger charge is 2.24. The van der Waals surface area contributed by atoms with Crippen LogP contribution in [0.3, 0.4) is 0 Å². The van der Waals surface area contributed by atoms with Crippen molar-refractivity contribution < 1.29 is 4.79 Å². The van der Waals surface area contributed by atoms with Crippen molar-refractivity contribution in [2.24, 2.45) is 13.0 Å². The number of nitrogens with zero attached hydrogens (tertiary/aromatic N) is 2. The van der Waals surface area contributed by atoms with Crippen molar-refractivity contribution in [1.82, 2.24) is 15.1 Å². The monoisotopic (exact) mass is 249 g/mol. The van der Waals surface area contributed by atoms with Crippen molar-refractivity contribution in [2.75, 3.05) is 6.54 Å². The fourth-order valence-electron chi connectivity index (χ4n) is 2.88. The number of hydrogen-bond donors (Lipinski definition) is 1. The number of ketones is 1. The first kappa shape index (κ1) is 13.3. The molecule has 2 heterocycles. The molecule has 2 unspecified atom stereocenters. The molecule has 0 saturated carbocycles. The van der Waals surface area contributed by atoms with E-state index in [2.05, 4.69) is 17.3 Å². The Morgan fingerprint density at radius 2 is 2.22 bits per heavy atom. The molecule has 0 bridgehead atoms. The van der Waals surface area contributed by atoms with Crippen molar-refractivity contribution in [1.29, 1.82) is 0 Å². The molecule has 18 heavy (non-hydrogen) atoms. The van der Waals surface area contributed by atoms with Crippen molar-refractivity contribution >= 4 is 5.78 Å². The lowest BCUT2D eigenvalue weighted by Crippen LogP contribution is -2.38. The summed E-state index contributed by atoms with van der Waals surface area (Å²) in [6.45, 7) is 7.17. The first-order valence-electron chi connectivity index (χ1n) is 6.75. The summed E-state index contributed by atoms with van der Waals surface area (Å²) in [5.41, 5.74) is 2.64. The molecule has 0 spiro atoms. The summed E-state index contributed by atoms with van der Waals surface area (Å²) in [4.78, 5) is 12.4. The lowest BCUT2D eigenvalue weighted by molar-refractivity contribution is 0.0957. The molecule has 1 aromatic rings. The Morgan fingerprint density at radius 3 is 2.78 bits per heavy atom. The van der Waals surface area contributed by atoms with Gasteiger partial charge >= 0.3 is 0 Å². The van der Waals surface area contributed by atoms with Gasteiger partial charge in [0.2, 0.25) is 0 Å². The van der Waals surface area contributed by atoms with E-state index in [4.69, 9.17) is 0 Å². The molecule has 1 saturated heterocycles. The summed E-state index contributed by atoms with van der Waals surface area (Å²) in [6.07, 6.45) is 2.91. The number of Topliss-reactive ketones (excluding diaryl/α,β-unsaturated/α-hetero) is 1. The Kier molecular flexibility index (Phi) is 3.85. The zero-order valence-electron chi connectivity index (χ0n) is 11.8. The maximum Gasteiger partial charge on any atom is 0.168 e. The van der Waals surface area contributed by atoms with Gasteiger partial charge in [-0.2, -0.15) is 5.10 Å². The largest absolute Gasteiger partial charge is 0.314 e. The molecule has 1 aliphatic rings. The third kappa shape index (κ3) is 2.64. The van der Waals surface area contributed by atoms with Crippen molar-refractivity contribution in [3.05, 3.63) is 17.0 Å². The summed E-state index contributed by atoms with van der Waals surface area (Å²) in [5.74, 6) is 0.949. The zero-order valence-corrected chi connectivity index (χ0v) is 11.8. The lowest BCUT2D eigenvalue weighted by Gasteiger charge is -2.27. The Morgan fingerprint density at radius 1 is 1.50 bits per heavy atom. The van der Waals surface area contributed by atoms with E-state index in [1.54, 1.807) is 4.68 Å². The zero-order chi connectivity index (χ0) is 13.3. The third-order valence-electron chi connectivity index (χ3n) is 3.98. The summed E-state index contributed by atoms with van der Waals surface area (Å²) in [7, 11) is 1.89. The molecule has 2 atom stereocenters. The van der Waals surface area contributed by atoms with Crippen LogP contribution in [0.5, 0.6) is 0 Å². The van der Waals surface area contributed by atoms with Crippen LogP contribution in [0, 0.1) is 19.8 Å². The van der Waals surface area contributed by atoms with Crippen LogP contribution in [0.1, 0.15) is 47.9 Å². The molecule has 1 aliphatic heterocycles. The van der Waals surface area contributed by atoms with E-state index >= 15 is 0 Å². The highest BCUT2D eigenvalue weighted by Crippen LogP contribution is 2.21. The second-order valence-electron chi connectivity index (χ2n) is 5.58. The normalized spacial score (nSPS) is 24.2. The molecule has 4 nitrogen and oxygen atoms in total. The van der Waals surface area contributed by atoms with Gasteiger partial charge in [0.1, 0.15) is 0 Å². The van der Waals surface area contributed by atoms with Crippen molar-refractivity contribution in [3.63, 3.8) is 0 Å². The molecule has 1 aromatic heterocycles. The maximum absolute atomic E-state index is 12.4. The van der Waals surface area contributed by atoms with Gasteiger partial charge in [0.25, 0.3) is 0 Å². The van der Waals surface area contributed by atoms with Gasteiger partial charge in [0.05, 0.1) is 11.3 Å². The summed E-state index contributed by atoms with van der Waals surface area (Å²) in [5, 5.41) is 7.76. The first-order valence-corrected chi connectivity index (χ1v) is 6.75. The standard InChI is InChI=1S/C14H23N3O/c1-9-5-6-15-12(7-9)8-13(18)14-10(2)16-17(4)11(14)3/h9,12,15H,5-8H2,1-4H3. The van der Waals surface area contributed by atoms with Crippen LogP contribution in [0.4, 0.5) is 0 Å². The van der Waals surface area contributed by atoms with Gasteiger partial charge in [0, 0.05) is 25.2 Å². The molecule has 2 rings (SSSR count). The van der Waals surface area contributed by atoms with E-state index in [0.29, 0.717) is 12.5 Å². The summed E-state index contributed by atoms with van der Waals surface area (Å²) < 4.78 is 1.79. The summed E-state index contributed by atoms with van der Waals surface area (Å²) >= 11 is 0. The van der Waals surface area contributed by atoms with E-state index < -0.39 is 0 Å². The van der Waals surface area contributed by atoms with Gasteiger partial charge < -0.3 is 5.32 Å². The summed E-state index contributed by atoms with van der Waals surface area (Å²) in [6, 6.07) is 0.334. The SMILES string of the molecule is Cc1nn(C)c(C)c1C(=O)CC1CC(C)CCN1. The Bertz CT molecular complexity index is 450. The minimum Gasteiger partial charge on any atom is -0.314 e. The Hall–Kier alpha value is -1.16. The van der Waals surface area contributed by atoms with Crippen molar-refractivity contribution in [2.45, 2.75) is 46.1 Å². The second kappa shape index (κ2) is 5.22. The van der Waals surface area contributed by atoms with Crippen LogP contribution in [0.25, 0.3) is 0 Å². The number of carbonyl (C=O) groups excluding carboxylic acids is 1. The lowest BCUT2D eigenvalue weighted by atomic mass is 9.90. The van der Waals surface area contributed by atoms with E-state index in [1.165, 1.54) is 6.42 Å². The van der Waals surface area contributed by atoms with Gasteiger partial charge in [-0.15, -0.1) is 0 Å². The van der Waals surface area contributed by atoms with Crippen LogP contribution < -0.4 is 5.32 Å². The third-order valence-corrected chi connectivity index (χ3v) is 3.98. The second-order valence-corrected chi connectivity index (χ2v) is 5.58. The first-order chi connectivity index (χ1) is 8.49. The average Bonchev–Trinajstić information content (AvgIpc) is 2.53. The number of aromatic nitrogens is 2. The fourth-order valence-corrected chi connectivity index (χ4v) is 2.88. The quantitative estimate of drug-likeness (QED) is 0.833. The number of nitrogens with one attached hydrogen (secondary N) is 1. The van der Waals surface area contributed by atoms with E-state index in [0.717, 1.165) is 35.8 Å². The number of hydrogen-bond acceptors (Lipinski definition) is 3. The van der Waals surface area contributed by atoms with Crippen LogP contribution in [-0.4, -0.2) is 28.2 Å². The fraction of sp³-hybridized carbons (Fsp3) is 0.714. The molecular formula is C14H23N3O. The van der Waals surface area contributed by atoms with E-state index in [1.807, 2.05) is 20.9 Å². The molecular weight excluding hydrogens is 226 g/mol. The molecule has 100 valence electrons. The smallest absolute Gasteiger partial charge is 0.168 e. The topological polar surface area (TPSA) is 46.9 Å². The number of carbonyl (C=O) groups is 1. The van der Waals surface area contributed by atoms with Crippen LogP contribution in [-0.2, 0) is 7.05 Å². The minimum absolute atomic E-state index is 0.227. The van der Waals surface area contributed by atoms with Crippen molar-refractivity contribution in [3.8, 4) is 0 Å². The number of piperidine rings is 1. The maximum atomic E-state index is 12.4. The van der Waals surface area contributed by atoms with Gasteiger partial charge in [-0.05, 0) is 39.2 Å². The molecule has 0 amide bonds. The Labute approximate surface area is 109 Å². The van der Waals surface area contributed by atoms with E-state index in [9.17, 15) is 4.79 Å². The minimum atomic E-state index is 0.227. The number of rotatable bonds is 3. The van der Waals surface area contributed by atoms with E-state index in [-0.39, 0.29) is 5.78 Å². The number of aryl methyl sites for hydroxylation is 2. The molecule has 1 fully saturated rings. The predicted molar refractivity (Wildman–Crippen MR) is 71.8 cm³/mol. The molecule has 0 radical (unpaired) electrons. The van der Waals surface area contributed by atoms with Gasteiger partial charge in [-0.3, -0.25) is 9.48 Å². The molecule has 0 aliphatic carbocycles. The molecule has 0 aromatic carbocycles. The Balaban J connectivity index is 2.07. The molecule has 4 heteroatoms. The highest BCUT2D eigenvalue weighted by atomic mass is 16.1. The van der Waals surface area contributed by atoms with Gasteiger partial charge in [0.15, 0.2) is 5.78 Å². The van der Waals surface area contributed by atoms with Crippen LogP contribution in [0.2, 0.25) is 0 Å². The average molecular weight is 249 g/mol. The highest BCUT2D eigenvalue weighted by molar-refractivity contribution is 5.98. The van der Waals surface area contributed by atoms with Crippen LogP contribution in [0.15, 0.2) is 0 Å². The molecule has 1 N–H and O–H groups in total.